The summed E-state index contributed by atoms with van der Waals surface area (Å²) >= 11 is 0. The number of carbonyl (C=O) groups is 1. The minimum atomic E-state index is 0.0133. The van der Waals surface area contributed by atoms with Gasteiger partial charge in [0, 0.05) is 19.6 Å². The van der Waals surface area contributed by atoms with Gasteiger partial charge in [-0.25, -0.2) is 0 Å². The molecule has 0 aromatic rings. The molecule has 4 nitrogen and oxygen atoms in total. The fourth-order valence-corrected chi connectivity index (χ4v) is 0.870. The predicted molar refractivity (Wildman–Crippen MR) is 57.0 cm³/mol. The van der Waals surface area contributed by atoms with Gasteiger partial charge in [-0.3, -0.25) is 4.79 Å². The first-order valence-electron chi connectivity index (χ1n) is 5.04. The molecule has 0 saturated carbocycles. The van der Waals surface area contributed by atoms with Crippen molar-refractivity contribution >= 4 is 5.91 Å². The van der Waals surface area contributed by atoms with Crippen LogP contribution in [0.1, 0.15) is 27.2 Å². The van der Waals surface area contributed by atoms with Crippen molar-refractivity contribution in [2.75, 3.05) is 20.2 Å². The molecule has 0 rings (SSSR count). The van der Waals surface area contributed by atoms with Crippen molar-refractivity contribution in [1.82, 2.24) is 4.90 Å². The predicted octanol–water partition coefficient (Wildman–Crippen LogP) is 0.607. The van der Waals surface area contributed by atoms with Crippen LogP contribution in [0.15, 0.2) is 0 Å². The molecule has 84 valence electrons. The molecule has 1 amide bonds. The van der Waals surface area contributed by atoms with Crippen LogP contribution in [0.5, 0.6) is 0 Å². The van der Waals surface area contributed by atoms with Crippen LogP contribution in [-0.2, 0) is 9.53 Å². The number of amides is 1. The molecule has 0 heterocycles. The summed E-state index contributed by atoms with van der Waals surface area (Å²) in [6.45, 7) is 6.61. The Bertz CT molecular complexity index is 170. The highest BCUT2D eigenvalue weighted by Crippen LogP contribution is 1.94. The first-order valence-corrected chi connectivity index (χ1v) is 5.04. The smallest absolute Gasteiger partial charge is 0.248 e. The largest absolute Gasteiger partial charge is 0.369 e. The van der Waals surface area contributed by atoms with Crippen LogP contribution in [-0.4, -0.2) is 43.2 Å². The van der Waals surface area contributed by atoms with E-state index in [1.54, 1.807) is 11.9 Å². The molecular weight excluding hydrogens is 180 g/mol. The molecule has 0 aromatic carbocycles. The third-order valence-electron chi connectivity index (χ3n) is 1.89. The summed E-state index contributed by atoms with van der Waals surface area (Å²) in [5.41, 5.74) is 5.59. The summed E-state index contributed by atoms with van der Waals surface area (Å²) in [5.74, 6) is 0.0133. The van der Waals surface area contributed by atoms with Gasteiger partial charge < -0.3 is 15.4 Å². The van der Waals surface area contributed by atoms with Gasteiger partial charge in [0.05, 0.1) is 6.10 Å². The second-order valence-electron chi connectivity index (χ2n) is 3.94. The first kappa shape index (κ1) is 13.4. The molecule has 0 spiro atoms. The summed E-state index contributed by atoms with van der Waals surface area (Å²) in [6.07, 6.45) is 0.921. The molecule has 1 unspecified atom stereocenters. The number of nitrogens with zero attached hydrogens (tertiary/aromatic N) is 1. The summed E-state index contributed by atoms with van der Waals surface area (Å²) in [5, 5.41) is 0. The Morgan fingerprint density at radius 3 is 2.43 bits per heavy atom. The summed E-state index contributed by atoms with van der Waals surface area (Å²) in [7, 11) is 1.77. The number of carbonyl (C=O) groups excluding carboxylic acids is 1. The highest BCUT2D eigenvalue weighted by Gasteiger charge is 2.09. The van der Waals surface area contributed by atoms with Gasteiger partial charge in [0.15, 0.2) is 0 Å². The van der Waals surface area contributed by atoms with Crippen molar-refractivity contribution in [3.05, 3.63) is 0 Å². The van der Waals surface area contributed by atoms with Crippen molar-refractivity contribution in [2.45, 2.75) is 39.3 Å². The number of likely N-dealkylation sites (N-methyl/N-ethyl adjacent to an activating group) is 1. The Kier molecular flexibility index (Phi) is 6.49. The summed E-state index contributed by atoms with van der Waals surface area (Å²) in [4.78, 5) is 13.1. The van der Waals surface area contributed by atoms with E-state index in [1.807, 2.05) is 20.8 Å². The van der Waals surface area contributed by atoms with Crippen LogP contribution in [0.3, 0.4) is 0 Å². The van der Waals surface area contributed by atoms with Gasteiger partial charge in [-0.2, -0.15) is 0 Å². The molecule has 0 aromatic heterocycles. The van der Waals surface area contributed by atoms with Crippen molar-refractivity contribution in [2.24, 2.45) is 5.73 Å². The molecule has 0 radical (unpaired) electrons. The van der Waals surface area contributed by atoms with Crippen LogP contribution in [0.4, 0.5) is 0 Å². The minimum absolute atomic E-state index is 0.0133. The van der Waals surface area contributed by atoms with E-state index in [9.17, 15) is 4.79 Å². The third kappa shape index (κ3) is 6.86. The fraction of sp³-hybridized carbons (Fsp3) is 0.900. The van der Waals surface area contributed by atoms with E-state index in [0.717, 1.165) is 6.42 Å². The highest BCUT2D eigenvalue weighted by molar-refractivity contribution is 5.77. The molecule has 0 aliphatic carbocycles. The average molecular weight is 202 g/mol. The number of hydrogen-bond donors (Lipinski definition) is 1. The van der Waals surface area contributed by atoms with Crippen LogP contribution in [0.25, 0.3) is 0 Å². The number of hydrogen-bond acceptors (Lipinski definition) is 3. The SMILES string of the molecule is CC(N)CCN(C)C(=O)COC(C)C. The van der Waals surface area contributed by atoms with Gasteiger partial charge in [0.2, 0.25) is 5.91 Å². The van der Waals surface area contributed by atoms with Crippen LogP contribution in [0.2, 0.25) is 0 Å². The maximum Gasteiger partial charge on any atom is 0.248 e. The van der Waals surface area contributed by atoms with E-state index >= 15 is 0 Å². The summed E-state index contributed by atoms with van der Waals surface area (Å²) < 4.78 is 5.21. The zero-order valence-corrected chi connectivity index (χ0v) is 9.62. The zero-order valence-electron chi connectivity index (χ0n) is 9.62. The monoisotopic (exact) mass is 202 g/mol. The minimum Gasteiger partial charge on any atom is -0.369 e. The average Bonchev–Trinajstić information content (AvgIpc) is 2.09. The second-order valence-corrected chi connectivity index (χ2v) is 3.94. The standard InChI is InChI=1S/C10H22N2O2/c1-8(2)14-7-10(13)12(4)6-5-9(3)11/h8-9H,5-7,11H2,1-4H3. The molecule has 1 atom stereocenters. The van der Waals surface area contributed by atoms with E-state index in [0.29, 0.717) is 6.54 Å². The first-order chi connectivity index (χ1) is 6.43. The van der Waals surface area contributed by atoms with Gasteiger partial charge in [-0.1, -0.05) is 0 Å². The van der Waals surface area contributed by atoms with E-state index in [-0.39, 0.29) is 24.7 Å². The quantitative estimate of drug-likeness (QED) is 0.686. The molecule has 0 aliphatic heterocycles. The molecule has 0 aliphatic rings. The van der Waals surface area contributed by atoms with Crippen molar-refractivity contribution in [1.29, 1.82) is 0 Å². The fourth-order valence-electron chi connectivity index (χ4n) is 0.870. The molecule has 4 heteroatoms. The number of rotatable bonds is 6. The van der Waals surface area contributed by atoms with Crippen LogP contribution < -0.4 is 5.73 Å². The Morgan fingerprint density at radius 1 is 1.43 bits per heavy atom. The van der Waals surface area contributed by atoms with E-state index in [2.05, 4.69) is 0 Å². The van der Waals surface area contributed by atoms with E-state index in [1.165, 1.54) is 0 Å². The Hall–Kier alpha value is -0.610. The van der Waals surface area contributed by atoms with Gasteiger partial charge in [-0.15, -0.1) is 0 Å². The highest BCUT2D eigenvalue weighted by atomic mass is 16.5. The lowest BCUT2D eigenvalue weighted by Gasteiger charge is -2.18. The molecule has 0 bridgehead atoms. The van der Waals surface area contributed by atoms with Crippen molar-refractivity contribution in [3.8, 4) is 0 Å². The van der Waals surface area contributed by atoms with E-state index in [4.69, 9.17) is 10.5 Å². The van der Waals surface area contributed by atoms with E-state index < -0.39 is 0 Å². The maximum atomic E-state index is 11.4. The normalized spacial score (nSPS) is 13.0. The number of ether oxygens (including phenoxy) is 1. The maximum absolute atomic E-state index is 11.4. The topological polar surface area (TPSA) is 55.6 Å². The van der Waals surface area contributed by atoms with Gasteiger partial charge in [0.25, 0.3) is 0 Å². The molecular formula is C10H22N2O2. The Morgan fingerprint density at radius 2 is 2.00 bits per heavy atom. The lowest BCUT2D eigenvalue weighted by molar-refractivity contribution is -0.136. The lowest BCUT2D eigenvalue weighted by Crippen LogP contribution is -2.34. The Labute approximate surface area is 86.4 Å². The molecule has 0 fully saturated rings. The molecule has 2 N–H and O–H groups in total. The van der Waals surface area contributed by atoms with Crippen molar-refractivity contribution < 1.29 is 9.53 Å². The molecule has 0 saturated heterocycles. The van der Waals surface area contributed by atoms with Gasteiger partial charge in [-0.05, 0) is 27.2 Å². The number of nitrogens with two attached hydrogens (primary N) is 1. The second kappa shape index (κ2) is 6.79. The van der Waals surface area contributed by atoms with Crippen molar-refractivity contribution in [3.63, 3.8) is 0 Å². The van der Waals surface area contributed by atoms with Gasteiger partial charge >= 0.3 is 0 Å². The zero-order chi connectivity index (χ0) is 11.1. The third-order valence-corrected chi connectivity index (χ3v) is 1.89. The molecule has 14 heavy (non-hydrogen) atoms. The lowest BCUT2D eigenvalue weighted by atomic mass is 10.2. The van der Waals surface area contributed by atoms with Crippen LogP contribution >= 0.6 is 0 Å². The Balaban J connectivity index is 3.65. The summed E-state index contributed by atoms with van der Waals surface area (Å²) in [6, 6.07) is 0.135. The van der Waals surface area contributed by atoms with Crippen LogP contribution in [0, 0.1) is 0 Å². The van der Waals surface area contributed by atoms with Gasteiger partial charge in [0.1, 0.15) is 6.61 Å².